The van der Waals surface area contributed by atoms with E-state index >= 15 is 0 Å². The predicted octanol–water partition coefficient (Wildman–Crippen LogP) is 4.41. The van der Waals surface area contributed by atoms with Crippen LogP contribution in [0.5, 0.6) is 5.75 Å². The third kappa shape index (κ3) is 3.97. The number of aliphatic imine (C=N–C) groups is 1. The fraction of sp³-hybridized carbons (Fsp3) is 0.0667. The molecule has 0 bridgehead atoms. The molecule has 0 heterocycles. The number of nitrogens with zero attached hydrogens (tertiary/aromatic N) is 1. The highest BCUT2D eigenvalue weighted by molar-refractivity contribution is 6.38. The van der Waals surface area contributed by atoms with Crippen LogP contribution in [0.1, 0.15) is 12.5 Å². The second-order valence-corrected chi connectivity index (χ2v) is 5.10. The van der Waals surface area contributed by atoms with Crippen LogP contribution in [0.3, 0.4) is 0 Å². The second kappa shape index (κ2) is 6.61. The maximum Gasteiger partial charge on any atom is 0.221 e. The maximum atomic E-state index is 11.1. The molecule has 6 heteroatoms. The monoisotopic (exact) mass is 322 g/mol. The number of carbonyl (C=O) groups excluding carboxylic acids is 1. The van der Waals surface area contributed by atoms with Crippen molar-refractivity contribution >= 4 is 46.7 Å². The van der Waals surface area contributed by atoms with E-state index in [9.17, 15) is 9.90 Å². The topological polar surface area (TPSA) is 61.7 Å². The Morgan fingerprint density at radius 3 is 2.62 bits per heavy atom. The Balaban J connectivity index is 2.35. The molecule has 0 spiro atoms. The highest BCUT2D eigenvalue weighted by Crippen LogP contribution is 2.34. The number of rotatable bonds is 3. The standard InChI is InChI=1S/C15H12Cl2N2O2/c1-9(20)19-14-7-13(11(16)6-12(14)17)18-8-10-4-2-3-5-15(10)21/h2-8,21H,1H3,(H,19,20)/b18-8+. The lowest BCUT2D eigenvalue weighted by Gasteiger charge is -2.07. The zero-order valence-corrected chi connectivity index (χ0v) is 12.6. The number of anilines is 1. The Bertz CT molecular complexity index is 715. The van der Waals surface area contributed by atoms with Crippen LogP contribution in [0.25, 0.3) is 0 Å². The molecule has 0 aliphatic carbocycles. The van der Waals surface area contributed by atoms with Gasteiger partial charge in [-0.2, -0.15) is 0 Å². The lowest BCUT2D eigenvalue weighted by Crippen LogP contribution is -2.06. The van der Waals surface area contributed by atoms with Gasteiger partial charge >= 0.3 is 0 Å². The van der Waals surface area contributed by atoms with Crippen molar-refractivity contribution in [3.8, 4) is 5.75 Å². The maximum absolute atomic E-state index is 11.1. The minimum atomic E-state index is -0.241. The molecule has 0 unspecified atom stereocenters. The number of phenols is 1. The molecule has 0 aliphatic rings. The molecular weight excluding hydrogens is 311 g/mol. The van der Waals surface area contributed by atoms with E-state index in [1.54, 1.807) is 30.3 Å². The predicted molar refractivity (Wildman–Crippen MR) is 86.1 cm³/mol. The van der Waals surface area contributed by atoms with Crippen molar-refractivity contribution in [2.45, 2.75) is 6.92 Å². The Hall–Kier alpha value is -2.04. The van der Waals surface area contributed by atoms with E-state index in [1.165, 1.54) is 19.2 Å². The van der Waals surface area contributed by atoms with Gasteiger partial charge in [0, 0.05) is 18.7 Å². The van der Waals surface area contributed by atoms with Crippen LogP contribution in [0.15, 0.2) is 41.4 Å². The van der Waals surface area contributed by atoms with Gasteiger partial charge in [0.25, 0.3) is 0 Å². The number of amides is 1. The van der Waals surface area contributed by atoms with Gasteiger partial charge in [0.05, 0.1) is 21.4 Å². The molecule has 0 radical (unpaired) electrons. The molecule has 0 saturated carbocycles. The van der Waals surface area contributed by atoms with Gasteiger partial charge in [-0.15, -0.1) is 0 Å². The number of aromatic hydroxyl groups is 1. The summed E-state index contributed by atoms with van der Waals surface area (Å²) >= 11 is 12.1. The van der Waals surface area contributed by atoms with Crippen LogP contribution in [-0.4, -0.2) is 17.2 Å². The quantitative estimate of drug-likeness (QED) is 0.822. The Labute approximate surface area is 132 Å². The largest absolute Gasteiger partial charge is 0.507 e. The average molecular weight is 323 g/mol. The molecule has 21 heavy (non-hydrogen) atoms. The van der Waals surface area contributed by atoms with Gasteiger partial charge in [0.1, 0.15) is 5.75 Å². The number of carbonyl (C=O) groups is 1. The smallest absolute Gasteiger partial charge is 0.221 e. The minimum Gasteiger partial charge on any atom is -0.507 e. The number of phenolic OH excluding ortho intramolecular Hbond substituents is 1. The van der Waals surface area contributed by atoms with Crippen molar-refractivity contribution in [2.24, 2.45) is 4.99 Å². The van der Waals surface area contributed by atoms with Crippen molar-refractivity contribution < 1.29 is 9.90 Å². The molecule has 0 fully saturated rings. The highest BCUT2D eigenvalue weighted by Gasteiger charge is 2.08. The number of hydrogen-bond donors (Lipinski definition) is 2. The summed E-state index contributed by atoms with van der Waals surface area (Å²) < 4.78 is 0. The van der Waals surface area contributed by atoms with E-state index < -0.39 is 0 Å². The molecule has 0 aliphatic heterocycles. The van der Waals surface area contributed by atoms with E-state index in [1.807, 2.05) is 0 Å². The molecule has 2 aromatic carbocycles. The molecular formula is C15H12Cl2N2O2. The van der Waals surface area contributed by atoms with Gasteiger partial charge in [-0.3, -0.25) is 9.79 Å². The van der Waals surface area contributed by atoms with E-state index in [0.29, 0.717) is 27.0 Å². The van der Waals surface area contributed by atoms with Crippen LogP contribution < -0.4 is 5.32 Å². The normalized spacial score (nSPS) is 10.8. The van der Waals surface area contributed by atoms with Crippen LogP contribution in [0, 0.1) is 0 Å². The lowest BCUT2D eigenvalue weighted by atomic mass is 10.2. The number of benzene rings is 2. The van der Waals surface area contributed by atoms with Crippen LogP contribution >= 0.6 is 23.2 Å². The average Bonchev–Trinajstić information content (AvgIpc) is 2.41. The molecule has 0 saturated heterocycles. The Kier molecular flexibility index (Phi) is 4.83. The first kappa shape index (κ1) is 15.4. The third-order valence-corrected chi connectivity index (χ3v) is 3.24. The van der Waals surface area contributed by atoms with Gasteiger partial charge in [-0.05, 0) is 24.3 Å². The Morgan fingerprint density at radius 2 is 1.95 bits per heavy atom. The highest BCUT2D eigenvalue weighted by atomic mass is 35.5. The van der Waals surface area contributed by atoms with Gasteiger partial charge in [-0.1, -0.05) is 35.3 Å². The fourth-order valence-electron chi connectivity index (χ4n) is 1.66. The summed E-state index contributed by atoms with van der Waals surface area (Å²) in [6.45, 7) is 1.38. The van der Waals surface area contributed by atoms with Crippen molar-refractivity contribution in [1.29, 1.82) is 0 Å². The number of hydrogen-bond acceptors (Lipinski definition) is 3. The minimum absolute atomic E-state index is 0.119. The number of nitrogens with one attached hydrogen (secondary N) is 1. The summed E-state index contributed by atoms with van der Waals surface area (Å²) in [5.74, 6) is -0.122. The van der Waals surface area contributed by atoms with E-state index in [-0.39, 0.29) is 11.7 Å². The molecule has 2 N–H and O–H groups in total. The summed E-state index contributed by atoms with van der Waals surface area (Å²) in [5, 5.41) is 12.9. The summed E-state index contributed by atoms with van der Waals surface area (Å²) in [4.78, 5) is 15.3. The second-order valence-electron chi connectivity index (χ2n) is 4.28. The zero-order valence-electron chi connectivity index (χ0n) is 11.1. The first-order valence-corrected chi connectivity index (χ1v) is 6.81. The first-order chi connectivity index (χ1) is 9.97. The Morgan fingerprint density at radius 1 is 1.24 bits per heavy atom. The summed E-state index contributed by atoms with van der Waals surface area (Å²) in [5.41, 5.74) is 1.43. The molecule has 0 aromatic heterocycles. The number of para-hydroxylation sites is 1. The van der Waals surface area contributed by atoms with Crippen molar-refractivity contribution in [2.75, 3.05) is 5.32 Å². The third-order valence-electron chi connectivity index (χ3n) is 2.63. The summed E-state index contributed by atoms with van der Waals surface area (Å²) in [6.07, 6.45) is 1.49. The van der Waals surface area contributed by atoms with E-state index in [0.717, 1.165) is 0 Å². The molecule has 4 nitrogen and oxygen atoms in total. The number of halogens is 2. The van der Waals surface area contributed by atoms with E-state index in [2.05, 4.69) is 10.3 Å². The SMILES string of the molecule is CC(=O)Nc1cc(/N=C/c2ccccc2O)c(Cl)cc1Cl. The molecule has 108 valence electrons. The van der Waals surface area contributed by atoms with Gasteiger partial charge in [0.15, 0.2) is 0 Å². The van der Waals surface area contributed by atoms with Crippen molar-refractivity contribution in [3.05, 3.63) is 52.0 Å². The van der Waals surface area contributed by atoms with Crippen LogP contribution in [-0.2, 0) is 4.79 Å². The summed E-state index contributed by atoms with van der Waals surface area (Å²) in [7, 11) is 0. The molecule has 2 rings (SSSR count). The van der Waals surface area contributed by atoms with Crippen LogP contribution in [0.4, 0.5) is 11.4 Å². The van der Waals surface area contributed by atoms with Crippen molar-refractivity contribution in [3.63, 3.8) is 0 Å². The lowest BCUT2D eigenvalue weighted by molar-refractivity contribution is -0.114. The van der Waals surface area contributed by atoms with Crippen molar-refractivity contribution in [1.82, 2.24) is 0 Å². The van der Waals surface area contributed by atoms with Gasteiger partial charge < -0.3 is 10.4 Å². The zero-order chi connectivity index (χ0) is 15.4. The molecule has 2 aromatic rings. The van der Waals surface area contributed by atoms with Gasteiger partial charge in [-0.25, -0.2) is 0 Å². The fourth-order valence-corrected chi connectivity index (χ4v) is 2.14. The summed E-state index contributed by atoms with van der Waals surface area (Å²) in [6, 6.07) is 9.86. The molecule has 1 amide bonds. The van der Waals surface area contributed by atoms with Crippen LogP contribution in [0.2, 0.25) is 10.0 Å². The van der Waals surface area contributed by atoms with Gasteiger partial charge in [0.2, 0.25) is 5.91 Å². The van der Waals surface area contributed by atoms with E-state index in [4.69, 9.17) is 23.2 Å². The molecule has 0 atom stereocenters. The first-order valence-electron chi connectivity index (χ1n) is 6.06.